The summed E-state index contributed by atoms with van der Waals surface area (Å²) in [7, 11) is 0. The van der Waals surface area contributed by atoms with Crippen molar-refractivity contribution < 1.29 is 18.8 Å². The first-order valence-corrected chi connectivity index (χ1v) is 11.9. The predicted octanol–water partition coefficient (Wildman–Crippen LogP) is 3.77. The van der Waals surface area contributed by atoms with Crippen LogP contribution in [0.5, 0.6) is 0 Å². The van der Waals surface area contributed by atoms with Crippen LogP contribution in [0, 0.1) is 5.82 Å². The highest BCUT2D eigenvalue weighted by Crippen LogP contribution is 2.32. The fraction of sp³-hybridized carbons (Fsp3) is 0.227. The van der Waals surface area contributed by atoms with Crippen LogP contribution in [0.1, 0.15) is 24.5 Å². The highest BCUT2D eigenvalue weighted by atomic mass is 32.2. The van der Waals surface area contributed by atoms with Crippen LogP contribution in [-0.4, -0.2) is 39.5 Å². The SMILES string of the molecule is CC[C@]1(c2ccccc2)NC(=O)N(CC(=O)Nc2nnc(SCc3ccccc3F)s2)C1=O. The molecule has 2 heterocycles. The third-order valence-electron chi connectivity index (χ3n) is 5.24. The van der Waals surface area contributed by atoms with E-state index in [9.17, 15) is 18.8 Å². The van der Waals surface area contributed by atoms with Gasteiger partial charge in [-0.25, -0.2) is 9.18 Å². The molecule has 1 aliphatic rings. The van der Waals surface area contributed by atoms with Crippen molar-refractivity contribution in [1.29, 1.82) is 0 Å². The molecule has 33 heavy (non-hydrogen) atoms. The lowest BCUT2D eigenvalue weighted by molar-refractivity contribution is -0.134. The van der Waals surface area contributed by atoms with Crippen LogP contribution < -0.4 is 10.6 Å². The molecule has 170 valence electrons. The van der Waals surface area contributed by atoms with Crippen LogP contribution in [0.3, 0.4) is 0 Å². The minimum atomic E-state index is -1.20. The van der Waals surface area contributed by atoms with Gasteiger partial charge in [0.1, 0.15) is 17.9 Å². The molecule has 1 aliphatic heterocycles. The molecule has 0 radical (unpaired) electrons. The molecular weight excluding hydrogens is 465 g/mol. The van der Waals surface area contributed by atoms with Crippen molar-refractivity contribution in [2.24, 2.45) is 0 Å². The third kappa shape index (κ3) is 4.74. The van der Waals surface area contributed by atoms with Gasteiger partial charge in [0.05, 0.1) is 0 Å². The zero-order chi connectivity index (χ0) is 23.4. The molecule has 2 aromatic carbocycles. The Morgan fingerprint density at radius 2 is 1.88 bits per heavy atom. The van der Waals surface area contributed by atoms with E-state index in [4.69, 9.17) is 0 Å². The minimum absolute atomic E-state index is 0.230. The fourth-order valence-electron chi connectivity index (χ4n) is 3.51. The number of amides is 4. The first-order valence-electron chi connectivity index (χ1n) is 10.1. The van der Waals surface area contributed by atoms with Crippen molar-refractivity contribution >= 4 is 46.1 Å². The van der Waals surface area contributed by atoms with Gasteiger partial charge in [-0.15, -0.1) is 10.2 Å². The van der Waals surface area contributed by atoms with Crippen LogP contribution in [0.25, 0.3) is 0 Å². The maximum atomic E-state index is 13.7. The summed E-state index contributed by atoms with van der Waals surface area (Å²) < 4.78 is 14.3. The van der Waals surface area contributed by atoms with E-state index in [1.54, 1.807) is 49.4 Å². The summed E-state index contributed by atoms with van der Waals surface area (Å²) in [5.41, 5.74) is 0.00630. The molecule has 4 rings (SSSR count). The fourth-order valence-corrected chi connectivity index (χ4v) is 5.26. The van der Waals surface area contributed by atoms with Gasteiger partial charge in [0.2, 0.25) is 11.0 Å². The molecule has 3 aromatic rings. The lowest BCUT2D eigenvalue weighted by Gasteiger charge is -2.25. The number of urea groups is 1. The Kier molecular flexibility index (Phi) is 6.70. The summed E-state index contributed by atoms with van der Waals surface area (Å²) >= 11 is 2.42. The van der Waals surface area contributed by atoms with Gasteiger partial charge in [0.15, 0.2) is 4.34 Å². The normalized spacial score (nSPS) is 17.8. The van der Waals surface area contributed by atoms with Crippen LogP contribution in [0.15, 0.2) is 58.9 Å². The Hall–Kier alpha value is -3.31. The Balaban J connectivity index is 1.38. The highest BCUT2D eigenvalue weighted by molar-refractivity contribution is 8.00. The number of nitrogens with one attached hydrogen (secondary N) is 2. The predicted molar refractivity (Wildman–Crippen MR) is 123 cm³/mol. The molecule has 0 bridgehead atoms. The third-order valence-corrected chi connectivity index (χ3v) is 7.26. The number of anilines is 1. The van der Waals surface area contributed by atoms with E-state index in [2.05, 4.69) is 20.8 Å². The molecule has 4 amide bonds. The minimum Gasteiger partial charge on any atom is -0.319 e. The summed E-state index contributed by atoms with van der Waals surface area (Å²) in [6, 6.07) is 14.8. The van der Waals surface area contributed by atoms with Crippen LogP contribution >= 0.6 is 23.1 Å². The van der Waals surface area contributed by atoms with Gasteiger partial charge in [-0.3, -0.25) is 19.8 Å². The van der Waals surface area contributed by atoms with Gasteiger partial charge >= 0.3 is 6.03 Å². The number of carbonyl (C=O) groups is 3. The Morgan fingerprint density at radius 1 is 1.15 bits per heavy atom. The van der Waals surface area contributed by atoms with E-state index >= 15 is 0 Å². The van der Waals surface area contributed by atoms with Crippen molar-refractivity contribution in [2.45, 2.75) is 29.0 Å². The lowest BCUT2D eigenvalue weighted by atomic mass is 9.87. The molecule has 1 atom stereocenters. The first-order chi connectivity index (χ1) is 15.9. The highest BCUT2D eigenvalue weighted by Gasteiger charge is 2.51. The van der Waals surface area contributed by atoms with E-state index < -0.39 is 29.9 Å². The van der Waals surface area contributed by atoms with Crippen molar-refractivity contribution in [3.63, 3.8) is 0 Å². The number of hydrogen-bond donors (Lipinski definition) is 2. The average molecular weight is 486 g/mol. The Morgan fingerprint density at radius 3 is 2.61 bits per heavy atom. The lowest BCUT2D eigenvalue weighted by Crippen LogP contribution is -2.44. The second-order valence-corrected chi connectivity index (χ2v) is 9.45. The van der Waals surface area contributed by atoms with Crippen molar-refractivity contribution in [3.8, 4) is 0 Å². The molecule has 0 spiro atoms. The van der Waals surface area contributed by atoms with Crippen molar-refractivity contribution in [2.75, 3.05) is 11.9 Å². The zero-order valence-corrected chi connectivity index (χ0v) is 19.2. The molecule has 8 nitrogen and oxygen atoms in total. The van der Waals surface area contributed by atoms with Gasteiger partial charge in [0.25, 0.3) is 5.91 Å². The van der Waals surface area contributed by atoms with E-state index in [0.29, 0.717) is 27.6 Å². The van der Waals surface area contributed by atoms with E-state index in [0.717, 1.165) is 16.2 Å². The number of thioether (sulfide) groups is 1. The monoisotopic (exact) mass is 485 g/mol. The average Bonchev–Trinajstić information content (AvgIpc) is 3.36. The number of rotatable bonds is 8. The molecule has 2 N–H and O–H groups in total. The Bertz CT molecular complexity index is 1190. The molecular formula is C22H20FN5O3S2. The van der Waals surface area contributed by atoms with Crippen LogP contribution in [0.2, 0.25) is 0 Å². The van der Waals surface area contributed by atoms with Crippen LogP contribution in [0.4, 0.5) is 14.3 Å². The summed E-state index contributed by atoms with van der Waals surface area (Å²) in [4.78, 5) is 39.1. The second-order valence-electron chi connectivity index (χ2n) is 7.25. The number of halogens is 1. The summed E-state index contributed by atoms with van der Waals surface area (Å²) in [6.07, 6.45) is 0.346. The van der Waals surface area contributed by atoms with E-state index in [-0.39, 0.29) is 10.9 Å². The topological polar surface area (TPSA) is 104 Å². The number of aromatic nitrogens is 2. The summed E-state index contributed by atoms with van der Waals surface area (Å²) in [6.45, 7) is 1.35. The first kappa shape index (κ1) is 22.9. The van der Waals surface area contributed by atoms with Crippen LogP contribution in [-0.2, 0) is 20.9 Å². The quantitative estimate of drug-likeness (QED) is 0.286. The summed E-state index contributed by atoms with van der Waals surface area (Å²) in [5.74, 6) is -0.971. The Labute approximate surface area is 197 Å². The van der Waals surface area contributed by atoms with Gasteiger partial charge in [-0.1, -0.05) is 78.6 Å². The molecule has 1 aromatic heterocycles. The smallest absolute Gasteiger partial charge is 0.319 e. The maximum absolute atomic E-state index is 13.7. The van der Waals surface area contributed by atoms with Crippen molar-refractivity contribution in [3.05, 3.63) is 71.5 Å². The van der Waals surface area contributed by atoms with Gasteiger partial charge < -0.3 is 5.32 Å². The zero-order valence-electron chi connectivity index (χ0n) is 17.6. The number of imide groups is 1. The van der Waals surface area contributed by atoms with E-state index in [1.165, 1.54) is 17.8 Å². The molecule has 1 fully saturated rings. The summed E-state index contributed by atoms with van der Waals surface area (Å²) in [5, 5.41) is 13.4. The number of carbonyl (C=O) groups excluding carboxylic acids is 3. The molecule has 0 saturated carbocycles. The van der Waals surface area contributed by atoms with Crippen molar-refractivity contribution in [1.82, 2.24) is 20.4 Å². The molecule has 11 heteroatoms. The molecule has 1 saturated heterocycles. The largest absolute Gasteiger partial charge is 0.325 e. The number of benzene rings is 2. The van der Waals surface area contributed by atoms with Gasteiger partial charge in [0, 0.05) is 5.75 Å². The second kappa shape index (κ2) is 9.67. The standard InChI is InChI=1S/C22H20FN5O3S2/c1-2-22(15-9-4-3-5-10-15)18(30)28(20(31)25-22)12-17(29)24-19-26-27-21(33-19)32-13-14-8-6-7-11-16(14)23/h3-11H,2,12-13H2,1H3,(H,25,31)(H,24,26,29)/t22-/m1/s1. The number of nitrogens with zero attached hydrogens (tertiary/aromatic N) is 3. The number of hydrogen-bond acceptors (Lipinski definition) is 7. The van der Waals surface area contributed by atoms with E-state index in [1.807, 2.05) is 6.07 Å². The van der Waals surface area contributed by atoms with Gasteiger partial charge in [-0.05, 0) is 23.6 Å². The maximum Gasteiger partial charge on any atom is 0.325 e. The molecule has 0 aliphatic carbocycles. The molecule has 0 unspecified atom stereocenters. The van der Waals surface area contributed by atoms with Gasteiger partial charge in [-0.2, -0.15) is 0 Å².